The molecule has 0 aromatic heterocycles. The van der Waals surface area contributed by atoms with E-state index in [1.165, 1.54) is 18.2 Å². The molecule has 1 unspecified atom stereocenters. The van der Waals surface area contributed by atoms with E-state index in [-0.39, 0.29) is 17.7 Å². The van der Waals surface area contributed by atoms with Crippen LogP contribution in [0.3, 0.4) is 0 Å². The molecule has 0 spiro atoms. The van der Waals surface area contributed by atoms with Crippen LogP contribution < -0.4 is 11.3 Å². The predicted octanol–water partition coefficient (Wildman–Crippen LogP) is 3.78. The minimum Gasteiger partial charge on any atom is -0.271 e. The molecule has 0 amide bonds. The van der Waals surface area contributed by atoms with Gasteiger partial charge in [0.25, 0.3) is 0 Å². The fraction of sp³-hybridized carbons (Fsp3) is 0.200. The van der Waals surface area contributed by atoms with Crippen LogP contribution in [0.25, 0.3) is 0 Å². The summed E-state index contributed by atoms with van der Waals surface area (Å²) >= 11 is 3.31. The highest BCUT2D eigenvalue weighted by molar-refractivity contribution is 9.10. The summed E-state index contributed by atoms with van der Waals surface area (Å²) in [6.45, 7) is 1.81. The Morgan fingerprint density at radius 3 is 2.60 bits per heavy atom. The molecule has 106 valence electrons. The molecule has 1 atom stereocenters. The Kier molecular flexibility index (Phi) is 4.86. The van der Waals surface area contributed by atoms with Crippen LogP contribution in [0.2, 0.25) is 0 Å². The van der Waals surface area contributed by atoms with Crippen molar-refractivity contribution >= 4 is 15.9 Å². The molecular weight excluding hydrogens is 326 g/mol. The first kappa shape index (κ1) is 15.1. The lowest BCUT2D eigenvalue weighted by Gasteiger charge is -2.18. The maximum atomic E-state index is 13.8. The monoisotopic (exact) mass is 340 g/mol. The minimum absolute atomic E-state index is 0.304. The second kappa shape index (κ2) is 6.43. The molecule has 3 N–H and O–H groups in total. The highest BCUT2D eigenvalue weighted by atomic mass is 79.9. The molecular formula is C15H15BrF2N2. The molecule has 0 aliphatic carbocycles. The number of hydrogen-bond donors (Lipinski definition) is 2. The molecule has 0 saturated heterocycles. The molecule has 2 rings (SSSR count). The van der Waals surface area contributed by atoms with Crippen LogP contribution in [-0.2, 0) is 6.42 Å². The average Bonchev–Trinajstić information content (AvgIpc) is 2.38. The van der Waals surface area contributed by atoms with Crippen molar-refractivity contribution in [3.05, 3.63) is 69.2 Å². The molecule has 5 heteroatoms. The zero-order valence-corrected chi connectivity index (χ0v) is 12.5. The Hall–Kier alpha value is -1.30. The standard InChI is InChI=1S/C15H15BrF2N2/c1-9-4-11(7-13(17)5-9)15(20-19)8-10-6-12(16)2-3-14(10)18/h2-7,15,20H,8,19H2,1H3. The molecule has 0 radical (unpaired) electrons. The van der Waals surface area contributed by atoms with Gasteiger partial charge in [-0.2, -0.15) is 0 Å². The van der Waals surface area contributed by atoms with Crippen molar-refractivity contribution in [2.75, 3.05) is 0 Å². The third-order valence-corrected chi connectivity index (χ3v) is 3.59. The van der Waals surface area contributed by atoms with Gasteiger partial charge in [0.15, 0.2) is 0 Å². The molecule has 0 fully saturated rings. The first-order valence-corrected chi connectivity index (χ1v) is 6.96. The smallest absolute Gasteiger partial charge is 0.126 e. The van der Waals surface area contributed by atoms with Crippen molar-refractivity contribution in [3.8, 4) is 0 Å². The second-order valence-electron chi connectivity index (χ2n) is 4.72. The average molecular weight is 341 g/mol. The fourth-order valence-electron chi connectivity index (χ4n) is 2.16. The maximum Gasteiger partial charge on any atom is 0.126 e. The van der Waals surface area contributed by atoms with Crippen LogP contribution in [0.15, 0.2) is 40.9 Å². The van der Waals surface area contributed by atoms with Crippen LogP contribution >= 0.6 is 15.9 Å². The number of halogens is 3. The first-order chi connectivity index (χ1) is 9.49. The summed E-state index contributed by atoms with van der Waals surface area (Å²) in [6, 6.07) is 9.06. The molecule has 0 aliphatic rings. The van der Waals surface area contributed by atoms with Gasteiger partial charge in [0, 0.05) is 4.47 Å². The van der Waals surface area contributed by atoms with Crippen molar-refractivity contribution < 1.29 is 8.78 Å². The van der Waals surface area contributed by atoms with Crippen LogP contribution in [-0.4, -0.2) is 0 Å². The van der Waals surface area contributed by atoms with Crippen LogP contribution in [0.4, 0.5) is 8.78 Å². The van der Waals surface area contributed by atoms with Gasteiger partial charge in [-0.1, -0.05) is 22.0 Å². The third kappa shape index (κ3) is 3.62. The highest BCUT2D eigenvalue weighted by Crippen LogP contribution is 2.23. The Morgan fingerprint density at radius 2 is 1.95 bits per heavy atom. The van der Waals surface area contributed by atoms with Crippen molar-refractivity contribution in [3.63, 3.8) is 0 Å². The SMILES string of the molecule is Cc1cc(F)cc(C(Cc2cc(Br)ccc2F)NN)c1. The van der Waals surface area contributed by atoms with Gasteiger partial charge >= 0.3 is 0 Å². The fourth-order valence-corrected chi connectivity index (χ4v) is 2.57. The van der Waals surface area contributed by atoms with E-state index in [4.69, 9.17) is 5.84 Å². The van der Waals surface area contributed by atoms with Gasteiger partial charge in [0.1, 0.15) is 11.6 Å². The van der Waals surface area contributed by atoms with E-state index in [0.717, 1.165) is 10.0 Å². The topological polar surface area (TPSA) is 38.0 Å². The van der Waals surface area contributed by atoms with E-state index in [9.17, 15) is 8.78 Å². The molecule has 0 aliphatic heterocycles. The molecule has 20 heavy (non-hydrogen) atoms. The second-order valence-corrected chi connectivity index (χ2v) is 5.64. The van der Waals surface area contributed by atoms with E-state index in [1.54, 1.807) is 19.1 Å². The quantitative estimate of drug-likeness (QED) is 0.656. The number of aryl methyl sites for hydroxylation is 1. The van der Waals surface area contributed by atoms with Gasteiger partial charge in [-0.25, -0.2) is 8.78 Å². The van der Waals surface area contributed by atoms with Crippen molar-refractivity contribution in [1.29, 1.82) is 0 Å². The van der Waals surface area contributed by atoms with Gasteiger partial charge in [0.05, 0.1) is 6.04 Å². The molecule has 0 bridgehead atoms. The lowest BCUT2D eigenvalue weighted by Crippen LogP contribution is -2.30. The molecule has 2 aromatic rings. The number of hydrazine groups is 1. The zero-order valence-electron chi connectivity index (χ0n) is 11.0. The molecule has 2 aromatic carbocycles. The van der Waals surface area contributed by atoms with Gasteiger partial charge in [0.2, 0.25) is 0 Å². The summed E-state index contributed by atoms with van der Waals surface area (Å²) in [6.07, 6.45) is 0.338. The largest absolute Gasteiger partial charge is 0.271 e. The number of benzene rings is 2. The summed E-state index contributed by atoms with van der Waals surface area (Å²) in [7, 11) is 0. The Balaban J connectivity index is 2.30. The Labute approximate surface area is 125 Å². The third-order valence-electron chi connectivity index (χ3n) is 3.10. The zero-order chi connectivity index (χ0) is 14.7. The van der Waals surface area contributed by atoms with Gasteiger partial charge in [-0.05, 0) is 60.4 Å². The van der Waals surface area contributed by atoms with Crippen molar-refractivity contribution in [1.82, 2.24) is 5.43 Å². The number of nitrogens with one attached hydrogen (secondary N) is 1. The van der Waals surface area contributed by atoms with Gasteiger partial charge in [-0.3, -0.25) is 11.3 Å². The van der Waals surface area contributed by atoms with Crippen molar-refractivity contribution in [2.45, 2.75) is 19.4 Å². The van der Waals surface area contributed by atoms with E-state index in [0.29, 0.717) is 17.5 Å². The minimum atomic E-state index is -0.354. The van der Waals surface area contributed by atoms with Crippen LogP contribution in [0.5, 0.6) is 0 Å². The lowest BCUT2D eigenvalue weighted by atomic mass is 9.97. The summed E-state index contributed by atoms with van der Waals surface area (Å²) in [5, 5.41) is 0. The van der Waals surface area contributed by atoms with Gasteiger partial charge < -0.3 is 0 Å². The van der Waals surface area contributed by atoms with E-state index < -0.39 is 0 Å². The lowest BCUT2D eigenvalue weighted by molar-refractivity contribution is 0.524. The molecule has 0 saturated carbocycles. The summed E-state index contributed by atoms with van der Waals surface area (Å²) in [5.74, 6) is 4.91. The van der Waals surface area contributed by atoms with Crippen molar-refractivity contribution in [2.24, 2.45) is 5.84 Å². The highest BCUT2D eigenvalue weighted by Gasteiger charge is 2.15. The number of nitrogens with two attached hydrogens (primary N) is 1. The number of hydrogen-bond acceptors (Lipinski definition) is 2. The Morgan fingerprint density at radius 1 is 1.20 bits per heavy atom. The Bertz CT molecular complexity index is 597. The van der Waals surface area contributed by atoms with Crippen LogP contribution in [0, 0.1) is 18.6 Å². The summed E-state index contributed by atoms with van der Waals surface area (Å²) in [4.78, 5) is 0. The van der Waals surface area contributed by atoms with Gasteiger partial charge in [-0.15, -0.1) is 0 Å². The molecule has 2 nitrogen and oxygen atoms in total. The first-order valence-electron chi connectivity index (χ1n) is 6.16. The normalized spacial score (nSPS) is 12.4. The summed E-state index contributed by atoms with van der Waals surface area (Å²) < 4.78 is 28.0. The van der Waals surface area contributed by atoms with E-state index in [2.05, 4.69) is 21.4 Å². The van der Waals surface area contributed by atoms with Crippen LogP contribution in [0.1, 0.15) is 22.7 Å². The van der Waals surface area contributed by atoms with E-state index in [1.807, 2.05) is 6.07 Å². The molecule has 0 heterocycles. The predicted molar refractivity (Wildman–Crippen MR) is 79.0 cm³/mol. The maximum absolute atomic E-state index is 13.8. The van der Waals surface area contributed by atoms with E-state index >= 15 is 0 Å². The summed E-state index contributed by atoms with van der Waals surface area (Å²) in [5.41, 5.74) is 4.64. The number of rotatable bonds is 4.